The Morgan fingerprint density at radius 2 is 2.33 bits per heavy atom. The molecule has 0 aliphatic rings. The SMILES string of the molecule is C=CCCC(C)C#CC. The normalized spacial score (nSPS) is 11.3. The van der Waals surface area contributed by atoms with Crippen LogP contribution < -0.4 is 0 Å². The fourth-order valence-electron chi connectivity index (χ4n) is 0.686. The Bertz CT molecular complexity index is 123. The maximum absolute atomic E-state index is 3.64. The number of allylic oxidation sites excluding steroid dienone is 1. The van der Waals surface area contributed by atoms with Gasteiger partial charge in [0.25, 0.3) is 0 Å². The summed E-state index contributed by atoms with van der Waals surface area (Å²) in [6.07, 6.45) is 4.16. The molecule has 1 unspecified atom stereocenters. The zero-order valence-corrected chi connectivity index (χ0v) is 6.28. The largest absolute Gasteiger partial charge is 0.106 e. The fraction of sp³-hybridized carbons (Fsp3) is 0.556. The highest BCUT2D eigenvalue weighted by molar-refractivity contribution is 4.99. The van der Waals surface area contributed by atoms with Crippen LogP contribution in [0.3, 0.4) is 0 Å². The van der Waals surface area contributed by atoms with Crippen molar-refractivity contribution in [2.75, 3.05) is 0 Å². The molecule has 0 heterocycles. The Kier molecular flexibility index (Phi) is 5.01. The van der Waals surface area contributed by atoms with Gasteiger partial charge in [0.1, 0.15) is 0 Å². The van der Waals surface area contributed by atoms with E-state index < -0.39 is 0 Å². The van der Waals surface area contributed by atoms with Gasteiger partial charge in [0, 0.05) is 5.92 Å². The predicted molar refractivity (Wildman–Crippen MR) is 42.0 cm³/mol. The van der Waals surface area contributed by atoms with Gasteiger partial charge in [-0.1, -0.05) is 13.0 Å². The maximum atomic E-state index is 3.64. The van der Waals surface area contributed by atoms with Crippen LogP contribution in [0.1, 0.15) is 26.7 Å². The molecule has 0 aromatic carbocycles. The molecule has 0 amide bonds. The molecule has 0 spiro atoms. The highest BCUT2D eigenvalue weighted by Gasteiger charge is 1.91. The van der Waals surface area contributed by atoms with Crippen molar-refractivity contribution in [2.24, 2.45) is 5.92 Å². The monoisotopic (exact) mass is 122 g/mol. The summed E-state index contributed by atoms with van der Waals surface area (Å²) in [6, 6.07) is 0. The van der Waals surface area contributed by atoms with E-state index in [1.807, 2.05) is 13.0 Å². The van der Waals surface area contributed by atoms with E-state index in [4.69, 9.17) is 0 Å². The van der Waals surface area contributed by atoms with Crippen LogP contribution in [0.4, 0.5) is 0 Å². The van der Waals surface area contributed by atoms with Crippen molar-refractivity contribution in [1.29, 1.82) is 0 Å². The fourth-order valence-corrected chi connectivity index (χ4v) is 0.686. The maximum Gasteiger partial charge on any atom is 0.0177 e. The summed E-state index contributed by atoms with van der Waals surface area (Å²) in [5.74, 6) is 6.51. The summed E-state index contributed by atoms with van der Waals surface area (Å²) in [4.78, 5) is 0. The van der Waals surface area contributed by atoms with Crippen LogP contribution in [0, 0.1) is 17.8 Å². The highest BCUT2D eigenvalue weighted by atomic mass is 14.0. The third-order valence-electron chi connectivity index (χ3n) is 1.19. The molecule has 0 N–H and O–H groups in total. The molecule has 0 aliphatic heterocycles. The van der Waals surface area contributed by atoms with E-state index in [0.717, 1.165) is 12.8 Å². The molecule has 0 aromatic rings. The Morgan fingerprint density at radius 1 is 1.67 bits per heavy atom. The third kappa shape index (κ3) is 5.17. The number of hydrogen-bond donors (Lipinski definition) is 0. The van der Waals surface area contributed by atoms with Gasteiger partial charge in [-0.05, 0) is 19.8 Å². The van der Waals surface area contributed by atoms with Gasteiger partial charge in [0.2, 0.25) is 0 Å². The van der Waals surface area contributed by atoms with Crippen molar-refractivity contribution in [2.45, 2.75) is 26.7 Å². The Labute approximate surface area is 58.0 Å². The van der Waals surface area contributed by atoms with Gasteiger partial charge in [0.15, 0.2) is 0 Å². The molecule has 0 saturated carbocycles. The third-order valence-corrected chi connectivity index (χ3v) is 1.19. The molecular formula is C9H14. The summed E-state index contributed by atoms with van der Waals surface area (Å²) in [5.41, 5.74) is 0. The van der Waals surface area contributed by atoms with Crippen LogP contribution in [-0.2, 0) is 0 Å². The molecule has 1 atom stereocenters. The first kappa shape index (κ1) is 8.30. The lowest BCUT2D eigenvalue weighted by Gasteiger charge is -1.97. The van der Waals surface area contributed by atoms with Crippen molar-refractivity contribution in [3.8, 4) is 11.8 Å². The second kappa shape index (κ2) is 5.44. The van der Waals surface area contributed by atoms with Crippen molar-refractivity contribution in [1.82, 2.24) is 0 Å². The summed E-state index contributed by atoms with van der Waals surface area (Å²) < 4.78 is 0. The zero-order chi connectivity index (χ0) is 7.11. The highest BCUT2D eigenvalue weighted by Crippen LogP contribution is 2.02. The van der Waals surface area contributed by atoms with E-state index in [1.54, 1.807) is 0 Å². The molecule has 0 radical (unpaired) electrons. The zero-order valence-electron chi connectivity index (χ0n) is 6.28. The molecule has 0 nitrogen and oxygen atoms in total. The lowest BCUT2D eigenvalue weighted by atomic mass is 10.1. The minimum atomic E-state index is 0.535. The van der Waals surface area contributed by atoms with E-state index >= 15 is 0 Å². The van der Waals surface area contributed by atoms with E-state index in [1.165, 1.54) is 0 Å². The molecule has 50 valence electrons. The second-order valence-corrected chi connectivity index (χ2v) is 2.16. The van der Waals surface area contributed by atoms with Crippen LogP contribution >= 0.6 is 0 Å². The standard InChI is InChI=1S/C9H14/c1-4-6-8-9(3)7-5-2/h4,9H,1,6,8H2,2-3H3. The van der Waals surface area contributed by atoms with Gasteiger partial charge in [-0.2, -0.15) is 0 Å². The first-order chi connectivity index (χ1) is 4.31. The quantitative estimate of drug-likeness (QED) is 0.398. The van der Waals surface area contributed by atoms with Gasteiger partial charge in [-0.3, -0.25) is 0 Å². The predicted octanol–water partition coefficient (Wildman–Crippen LogP) is 2.61. The lowest BCUT2D eigenvalue weighted by molar-refractivity contribution is 0.680. The minimum absolute atomic E-state index is 0.535. The van der Waals surface area contributed by atoms with E-state index in [0.29, 0.717) is 5.92 Å². The smallest absolute Gasteiger partial charge is 0.0177 e. The molecule has 9 heavy (non-hydrogen) atoms. The van der Waals surface area contributed by atoms with Crippen LogP contribution in [0.15, 0.2) is 12.7 Å². The van der Waals surface area contributed by atoms with E-state index in [9.17, 15) is 0 Å². The number of rotatable bonds is 3. The second-order valence-electron chi connectivity index (χ2n) is 2.16. The van der Waals surface area contributed by atoms with Gasteiger partial charge in [0.05, 0.1) is 0 Å². The topological polar surface area (TPSA) is 0 Å². The van der Waals surface area contributed by atoms with E-state index in [2.05, 4.69) is 25.3 Å². The molecular weight excluding hydrogens is 108 g/mol. The van der Waals surface area contributed by atoms with Crippen LogP contribution in [0.25, 0.3) is 0 Å². The van der Waals surface area contributed by atoms with Gasteiger partial charge < -0.3 is 0 Å². The molecule has 0 aromatic heterocycles. The average molecular weight is 122 g/mol. The molecule has 0 fully saturated rings. The summed E-state index contributed by atoms with van der Waals surface area (Å²) in [6.45, 7) is 7.66. The van der Waals surface area contributed by atoms with Crippen molar-refractivity contribution >= 4 is 0 Å². The van der Waals surface area contributed by atoms with Gasteiger partial charge in [-0.15, -0.1) is 18.4 Å². The first-order valence-electron chi connectivity index (χ1n) is 3.34. The van der Waals surface area contributed by atoms with Gasteiger partial charge in [-0.25, -0.2) is 0 Å². The van der Waals surface area contributed by atoms with Crippen LogP contribution in [-0.4, -0.2) is 0 Å². The molecule has 0 saturated heterocycles. The molecule has 0 rings (SSSR count). The van der Waals surface area contributed by atoms with E-state index in [-0.39, 0.29) is 0 Å². The Balaban J connectivity index is 3.33. The minimum Gasteiger partial charge on any atom is -0.106 e. The Hall–Kier alpha value is -0.700. The summed E-state index contributed by atoms with van der Waals surface area (Å²) in [7, 11) is 0. The molecule has 0 heteroatoms. The van der Waals surface area contributed by atoms with Crippen molar-refractivity contribution < 1.29 is 0 Å². The number of hydrogen-bond acceptors (Lipinski definition) is 0. The van der Waals surface area contributed by atoms with Crippen molar-refractivity contribution in [3.05, 3.63) is 12.7 Å². The first-order valence-corrected chi connectivity index (χ1v) is 3.34. The van der Waals surface area contributed by atoms with Crippen LogP contribution in [0.5, 0.6) is 0 Å². The lowest BCUT2D eigenvalue weighted by Crippen LogP contribution is -1.87. The molecule has 0 aliphatic carbocycles. The van der Waals surface area contributed by atoms with Gasteiger partial charge >= 0.3 is 0 Å². The Morgan fingerprint density at radius 3 is 2.78 bits per heavy atom. The molecule has 0 bridgehead atoms. The van der Waals surface area contributed by atoms with Crippen molar-refractivity contribution in [3.63, 3.8) is 0 Å². The summed E-state index contributed by atoms with van der Waals surface area (Å²) >= 11 is 0. The summed E-state index contributed by atoms with van der Waals surface area (Å²) in [5, 5.41) is 0. The average Bonchev–Trinajstić information content (AvgIpc) is 1.85. The van der Waals surface area contributed by atoms with Crippen LogP contribution in [0.2, 0.25) is 0 Å².